The van der Waals surface area contributed by atoms with Crippen LogP contribution in [-0.2, 0) is 68.2 Å². The summed E-state index contributed by atoms with van der Waals surface area (Å²) in [6.07, 6.45) is 22.7. The lowest BCUT2D eigenvalue weighted by Gasteiger charge is -2.53. The van der Waals surface area contributed by atoms with E-state index in [0.29, 0.717) is 5.92 Å². The summed E-state index contributed by atoms with van der Waals surface area (Å²) in [4.78, 5) is 0. The quantitative estimate of drug-likeness (QED) is 0.118. The highest BCUT2D eigenvalue weighted by atomic mass is 15.2. The van der Waals surface area contributed by atoms with E-state index in [9.17, 15) is 0 Å². The summed E-state index contributed by atoms with van der Waals surface area (Å²) in [7, 11) is 0. The lowest BCUT2D eigenvalue weighted by molar-refractivity contribution is -0.657. The van der Waals surface area contributed by atoms with E-state index in [-0.39, 0.29) is 5.41 Å². The Hall–Kier alpha value is -16.4. The monoisotopic (exact) mass is 1850 g/mol. The Bertz CT molecular complexity index is 10100. The van der Waals surface area contributed by atoms with Crippen LogP contribution in [0, 0.1) is 6.92 Å². The number of nitrogens with zero attached hydrogens (tertiary/aromatic N) is 10. The van der Waals surface area contributed by atoms with E-state index in [1.165, 1.54) is 295 Å². The van der Waals surface area contributed by atoms with Gasteiger partial charge in [0.05, 0.1) is 37.8 Å². The van der Waals surface area contributed by atoms with Crippen LogP contribution in [0.4, 0.5) is 0 Å². The molecule has 4 unspecified atom stereocenters. The Morgan fingerprint density at radius 2 is 0.618 bits per heavy atom. The molecule has 144 heavy (non-hydrogen) atoms. The van der Waals surface area contributed by atoms with Gasteiger partial charge < -0.3 is 0 Å². The number of fused-ring (bicyclic) bond motifs is 11. The van der Waals surface area contributed by atoms with E-state index in [0.717, 1.165) is 56.9 Å². The largest absolute Gasteiger partial charge is 0.295 e. The fourth-order valence-corrected chi connectivity index (χ4v) is 32.0. The number of aryl methyl sites for hydroxylation is 2. The van der Waals surface area contributed by atoms with E-state index in [2.05, 4.69) is 441 Å². The second-order valence-corrected chi connectivity index (χ2v) is 43.5. The van der Waals surface area contributed by atoms with Gasteiger partial charge in [-0.3, -0.25) is 0 Å². The predicted molar refractivity (Wildman–Crippen MR) is 576 cm³/mol. The minimum atomic E-state index is -0.604. The highest BCUT2D eigenvalue weighted by molar-refractivity contribution is 6.19. The van der Waals surface area contributed by atoms with Crippen LogP contribution < -0.4 is 22.7 Å². The van der Waals surface area contributed by atoms with Crippen LogP contribution in [0.3, 0.4) is 0 Å². The number of aromatic nitrogens is 10. The first-order valence-corrected chi connectivity index (χ1v) is 52.8. The van der Waals surface area contributed by atoms with E-state index in [4.69, 9.17) is 0 Å². The van der Waals surface area contributed by atoms with Crippen molar-refractivity contribution in [1.82, 2.24) is 22.2 Å². The summed E-state index contributed by atoms with van der Waals surface area (Å²) >= 11 is 0. The fourth-order valence-electron chi connectivity index (χ4n) is 32.0. The maximum atomic E-state index is 2.63. The van der Waals surface area contributed by atoms with Crippen molar-refractivity contribution in [1.29, 1.82) is 0 Å². The first-order valence-electron chi connectivity index (χ1n) is 52.8. The molecule has 4 atom stereocenters. The maximum Gasteiger partial charge on any atom is 0.295 e. The molecule has 0 radical (unpaired) electrons. The van der Waals surface area contributed by atoms with Gasteiger partial charge in [0.1, 0.15) is 96.2 Å². The Balaban J connectivity index is 0.0000000799. The number of para-hydroxylation sites is 5. The van der Waals surface area contributed by atoms with Gasteiger partial charge in [-0.1, -0.05) is 383 Å². The molecule has 20 heterocycles. The van der Waals surface area contributed by atoms with E-state index in [1.54, 1.807) is 22.5 Å². The molecule has 0 bridgehead atoms. The molecule has 26 aromatic rings. The van der Waals surface area contributed by atoms with Gasteiger partial charge in [-0.15, -0.1) is 0 Å². The van der Waals surface area contributed by atoms with E-state index >= 15 is 0 Å². The Morgan fingerprint density at radius 3 is 1.11 bits per heavy atom. The third-order valence-corrected chi connectivity index (χ3v) is 37.2. The minimum Gasteiger partial charge on any atom is -0.225 e. The topological polar surface area (TPSA) is 42.2 Å². The van der Waals surface area contributed by atoms with Crippen molar-refractivity contribution in [2.45, 2.75) is 144 Å². The second-order valence-electron chi connectivity index (χ2n) is 43.5. The lowest BCUT2D eigenvalue weighted by Crippen LogP contribution is -2.55. The van der Waals surface area contributed by atoms with Gasteiger partial charge in [0.15, 0.2) is 28.5 Å². The van der Waals surface area contributed by atoms with Crippen LogP contribution in [0.2, 0.25) is 0 Å². The second kappa shape index (κ2) is 28.7. The number of benzene rings is 16. The lowest BCUT2D eigenvalue weighted by atomic mass is 9.47. The summed E-state index contributed by atoms with van der Waals surface area (Å²) < 4.78 is 25.6. The van der Waals surface area contributed by atoms with Gasteiger partial charge >= 0.3 is 0 Å². The molecule has 2 aliphatic carbocycles. The smallest absolute Gasteiger partial charge is 0.225 e. The Labute approximate surface area is 831 Å². The zero-order valence-electron chi connectivity index (χ0n) is 80.3. The van der Waals surface area contributed by atoms with Crippen molar-refractivity contribution in [3.05, 3.63) is 512 Å². The Kier molecular flexibility index (Phi) is 15.8. The van der Waals surface area contributed by atoms with Crippen LogP contribution >= 0.6 is 0 Å². The number of pyridine rings is 5. The van der Waals surface area contributed by atoms with Crippen LogP contribution in [0.25, 0.3) is 137 Å². The molecule has 2 fully saturated rings. The van der Waals surface area contributed by atoms with Gasteiger partial charge in [-0.2, -0.15) is 22.0 Å². The van der Waals surface area contributed by atoms with Crippen molar-refractivity contribution in [3.63, 3.8) is 0 Å². The highest BCUT2D eigenvalue weighted by Crippen LogP contribution is 2.65. The normalized spacial score (nSPS) is 18.2. The highest BCUT2D eigenvalue weighted by Gasteiger charge is 2.65. The molecule has 10 heteroatoms. The molecule has 10 aromatic heterocycles. The van der Waals surface area contributed by atoms with Gasteiger partial charge in [-0.05, 0) is 83.7 Å². The van der Waals surface area contributed by atoms with Crippen molar-refractivity contribution in [2.75, 3.05) is 0 Å². The van der Waals surface area contributed by atoms with Gasteiger partial charge in [0.2, 0.25) is 0 Å². The first-order chi connectivity index (χ1) is 71.4. The number of rotatable bonds is 6. The summed E-state index contributed by atoms with van der Waals surface area (Å²) in [6.45, 7) is 7.23. The summed E-state index contributed by atoms with van der Waals surface area (Å²) in [5.74, 6) is 2.90. The average molecular weight is 1850 g/mol. The molecule has 0 N–H and O–H groups in total. The molecule has 38 rings (SSSR count). The molecule has 2 saturated carbocycles. The third kappa shape index (κ3) is 9.81. The van der Waals surface area contributed by atoms with Gasteiger partial charge in [-0.25, -0.2) is 22.8 Å². The molecule has 10 aliphatic heterocycles. The van der Waals surface area contributed by atoms with Crippen LogP contribution in [-0.4, -0.2) is 22.2 Å². The molecule has 682 valence electrons. The molecule has 0 spiro atoms. The first kappa shape index (κ1) is 79.3. The van der Waals surface area contributed by atoms with Crippen molar-refractivity contribution in [3.8, 4) is 0 Å². The fraction of sp³-hybridized carbons (Fsp3) is 0.172. The van der Waals surface area contributed by atoms with Crippen molar-refractivity contribution >= 4 is 137 Å². The van der Waals surface area contributed by atoms with E-state index in [1.807, 2.05) is 0 Å². The molecular formula is C134H101N10+5. The van der Waals surface area contributed by atoms with Gasteiger partial charge in [0.25, 0.3) is 28.2 Å². The van der Waals surface area contributed by atoms with Gasteiger partial charge in [0, 0.05) is 135 Å². The van der Waals surface area contributed by atoms with E-state index < -0.39 is 10.8 Å². The molecule has 12 aliphatic rings. The molecule has 10 nitrogen and oxygen atoms in total. The number of hydrogen-bond donors (Lipinski definition) is 0. The minimum absolute atomic E-state index is 0.224. The zero-order chi connectivity index (χ0) is 93.6. The summed E-state index contributed by atoms with van der Waals surface area (Å²) in [6, 6.07) is 136. The SMILES string of the molecule is Cc1c2[n+]3c4c(cccc4c4cccc5c4c3n1C5)CC2.c1cc2c3c(c1)c1cccc4c1n1c(c[n+](c31)C2)C1CCCC41.c1cc2c3c(c1)c1cccc4c1n1c(c[n+](c31)C2)C1CCCCC41.c1ccc(C2(c3ccccc3)Cc3cccc4c5cccc6c5c5n(c2c[n+]5C6)c34)cc1.c1ccc(C2(c3ccccc3)c3cccc4c5cccc6c5c5n(c(c[n+]5C6)C2(c2ccccc2)c2ccccc2)c34)cc1. The third-order valence-electron chi connectivity index (χ3n) is 37.2. The Morgan fingerprint density at radius 1 is 0.264 bits per heavy atom. The zero-order valence-corrected chi connectivity index (χ0v) is 80.3. The van der Waals surface area contributed by atoms with Crippen LogP contribution in [0.5, 0.6) is 0 Å². The van der Waals surface area contributed by atoms with Crippen molar-refractivity contribution < 1.29 is 22.7 Å². The summed E-state index contributed by atoms with van der Waals surface area (Å²) in [5, 5.41) is 21.3. The molecule has 16 aromatic carbocycles. The maximum absolute atomic E-state index is 2.63. The molecule has 0 amide bonds. The summed E-state index contributed by atoms with van der Waals surface area (Å²) in [5.41, 5.74) is 44.0. The molecular weight excluding hydrogens is 1750 g/mol. The van der Waals surface area contributed by atoms with Crippen LogP contribution in [0.1, 0.15) is 192 Å². The van der Waals surface area contributed by atoms with Crippen LogP contribution in [0.15, 0.2) is 389 Å². The number of imidazole rings is 5. The standard InChI is InChI=1S/C42H29N2.C30H21N2.C22H19N2.C21H17N2.C19H15N2/c1-5-16-30(17-6-1)41(31-18-7-2-8-19-31)36-26-14-25-35-34-24-13-15-29-27-43-28-37(44(39(35)36)40(43)38(29)34)42(41,32-20-9-3-10-21-32)33-22-11-4-12-23-33;1-3-11-22(12-4-1)30(23-13-5-2-6-14-23)17-20-9-7-16-25-24-15-8-10-21-18-31-19-26(30)32(28(20)25)29(31)27(21)24;1-2-7-15-14(6-1)17-9-4-10-18-16-8-3-5-13-11-23-12-19(15)24(21(17)18)22(23)20(13)16;1-4-12-10-22-11-18-14-6-2-5-13(14)16-8-3-9-17-15(7-1)19(12)21(22)23(18)20(16)17;1-11-16-9-8-12-4-2-7-15-14-6-3-5-13-10-20(11)19(17(13)14)21(16)18(12)15/h1-26,28H,27H2;1-16,19H,17-18H2;3-5,8-10,12,14-15H,1-2,6-7,11H2;1,3-4,7-9,11,13-14H,2,5-6,10H2;2-7H,8-10H2,1H3/q5*+1. The number of hydrogen-bond acceptors (Lipinski definition) is 0. The average Bonchev–Trinajstić information content (AvgIpc) is 1.36. The molecule has 0 saturated heterocycles. The predicted octanol–water partition coefficient (Wildman–Crippen LogP) is 26.6. The van der Waals surface area contributed by atoms with Crippen molar-refractivity contribution in [2.24, 2.45) is 0 Å².